The van der Waals surface area contributed by atoms with Gasteiger partial charge in [0.05, 0.1) is 29.9 Å². The molecule has 0 atom stereocenters. The number of rotatable bonds is 8. The molecule has 1 aliphatic heterocycles. The second-order valence-corrected chi connectivity index (χ2v) is 11.1. The van der Waals surface area contributed by atoms with Crippen LogP contribution < -0.4 is 20.3 Å². The number of thiophene rings is 1. The molecule has 0 saturated carbocycles. The molecule has 38 heavy (non-hydrogen) atoms. The van der Waals surface area contributed by atoms with Crippen LogP contribution in [0.2, 0.25) is 0 Å². The number of anilines is 5. The summed E-state index contributed by atoms with van der Waals surface area (Å²) >= 11 is 1.59. The van der Waals surface area contributed by atoms with Crippen molar-refractivity contribution >= 4 is 50.4 Å². The number of benzene rings is 2. The van der Waals surface area contributed by atoms with Crippen LogP contribution in [0.25, 0.3) is 10.2 Å². The second-order valence-electron chi connectivity index (χ2n) is 10.2. The number of aromatic nitrogens is 2. The van der Waals surface area contributed by atoms with Crippen LogP contribution in [0.15, 0.2) is 47.8 Å². The number of ether oxygens (including phenoxy) is 2. The Morgan fingerprint density at radius 2 is 1.79 bits per heavy atom. The highest BCUT2D eigenvalue weighted by atomic mass is 32.1. The molecule has 0 spiro atoms. The van der Waals surface area contributed by atoms with Crippen molar-refractivity contribution in [2.24, 2.45) is 0 Å². The Balaban J connectivity index is 1.42. The molecule has 3 N–H and O–H groups in total. The van der Waals surface area contributed by atoms with Gasteiger partial charge in [0.15, 0.2) is 0 Å². The van der Waals surface area contributed by atoms with Gasteiger partial charge < -0.3 is 30.1 Å². The summed E-state index contributed by atoms with van der Waals surface area (Å²) in [5.41, 5.74) is 3.78. The van der Waals surface area contributed by atoms with Gasteiger partial charge >= 0.3 is 0 Å². The van der Waals surface area contributed by atoms with Crippen molar-refractivity contribution in [2.75, 3.05) is 42.8 Å². The summed E-state index contributed by atoms with van der Waals surface area (Å²) < 4.78 is 11.3. The zero-order valence-corrected chi connectivity index (χ0v) is 23.4. The molecule has 200 valence electrons. The number of hydrogen-bond acceptors (Lipinski definition) is 9. The average molecular weight is 534 g/mol. The van der Waals surface area contributed by atoms with Crippen molar-refractivity contribution < 1.29 is 14.6 Å². The minimum absolute atomic E-state index is 0.326. The summed E-state index contributed by atoms with van der Waals surface area (Å²) in [6.45, 7) is 7.49. The number of hydrogen-bond donors (Lipinski definition) is 3. The van der Waals surface area contributed by atoms with Crippen molar-refractivity contribution in [3.8, 4) is 5.75 Å². The molecule has 0 radical (unpaired) electrons. The Morgan fingerprint density at radius 3 is 2.50 bits per heavy atom. The van der Waals surface area contributed by atoms with Crippen molar-refractivity contribution in [1.29, 1.82) is 0 Å². The highest BCUT2D eigenvalue weighted by molar-refractivity contribution is 7.17. The van der Waals surface area contributed by atoms with E-state index in [0.717, 1.165) is 70.1 Å². The quantitative estimate of drug-likeness (QED) is 0.242. The molecule has 2 aromatic heterocycles. The number of aliphatic hydroxyl groups is 1. The Labute approximate surface area is 227 Å². The Bertz CT molecular complexity index is 1420. The standard InChI is InChI=1S/C29H35N5O3S/c1-18-17-38-27-25(18)26(30-20-8-6-7-19(15-20)29(2,3)35)32-28(33-27)31-21-9-10-23(24(16-21)37-5)34-13-11-22(36-4)12-14-34/h6-10,15-17,22,35H,11-14H2,1-5H3,(H2,30,31,32,33). The first-order chi connectivity index (χ1) is 18.2. The molecular formula is C29H35N5O3S. The molecule has 9 heteroatoms. The largest absolute Gasteiger partial charge is 0.495 e. The lowest BCUT2D eigenvalue weighted by molar-refractivity contribution is 0.0786. The van der Waals surface area contributed by atoms with Gasteiger partial charge in [-0.1, -0.05) is 12.1 Å². The average Bonchev–Trinajstić information content (AvgIpc) is 3.29. The van der Waals surface area contributed by atoms with Gasteiger partial charge in [0.1, 0.15) is 16.4 Å². The van der Waals surface area contributed by atoms with Crippen molar-refractivity contribution in [2.45, 2.75) is 45.3 Å². The van der Waals surface area contributed by atoms with E-state index in [4.69, 9.17) is 19.4 Å². The maximum absolute atomic E-state index is 10.5. The number of methoxy groups -OCH3 is 2. The van der Waals surface area contributed by atoms with Crippen molar-refractivity contribution in [3.63, 3.8) is 0 Å². The van der Waals surface area contributed by atoms with Gasteiger partial charge in [-0.05, 0) is 74.4 Å². The number of nitrogens with zero attached hydrogens (tertiary/aromatic N) is 3. The fourth-order valence-electron chi connectivity index (χ4n) is 4.82. The lowest BCUT2D eigenvalue weighted by atomic mass is 9.98. The summed E-state index contributed by atoms with van der Waals surface area (Å²) in [6.07, 6.45) is 2.33. The van der Waals surface area contributed by atoms with E-state index in [0.29, 0.717) is 17.9 Å². The number of fused-ring (bicyclic) bond motifs is 1. The fourth-order valence-corrected chi connectivity index (χ4v) is 5.74. The van der Waals surface area contributed by atoms with E-state index in [2.05, 4.69) is 33.9 Å². The summed E-state index contributed by atoms with van der Waals surface area (Å²) in [4.78, 5) is 12.9. The number of nitrogens with one attached hydrogen (secondary N) is 2. The Morgan fingerprint density at radius 1 is 1.03 bits per heavy atom. The Hall–Kier alpha value is -3.40. The molecule has 0 aliphatic carbocycles. The smallest absolute Gasteiger partial charge is 0.230 e. The van der Waals surface area contributed by atoms with Crippen LogP contribution in [0, 0.1) is 6.92 Å². The molecule has 1 aliphatic rings. The summed E-state index contributed by atoms with van der Waals surface area (Å²) in [5.74, 6) is 2.02. The van der Waals surface area contributed by atoms with Crippen LogP contribution >= 0.6 is 11.3 Å². The van der Waals surface area contributed by atoms with E-state index in [1.807, 2.05) is 36.4 Å². The molecule has 1 saturated heterocycles. The SMILES string of the molecule is COc1cc(Nc2nc(Nc3cccc(C(C)(C)O)c3)c3c(C)csc3n2)ccc1N1CCC(OC)CC1. The van der Waals surface area contributed by atoms with E-state index in [1.165, 1.54) is 0 Å². The van der Waals surface area contributed by atoms with Crippen LogP contribution in [0.5, 0.6) is 5.75 Å². The molecule has 2 aromatic carbocycles. The molecule has 4 aromatic rings. The number of piperidine rings is 1. The third-order valence-corrected chi connectivity index (χ3v) is 7.99. The second kappa shape index (κ2) is 10.8. The highest BCUT2D eigenvalue weighted by Gasteiger charge is 2.22. The maximum Gasteiger partial charge on any atom is 0.230 e. The third-order valence-electron chi connectivity index (χ3n) is 7.00. The molecule has 8 nitrogen and oxygen atoms in total. The molecular weight excluding hydrogens is 498 g/mol. The van der Waals surface area contributed by atoms with Gasteiger partial charge in [0.2, 0.25) is 5.95 Å². The normalized spacial score (nSPS) is 14.6. The first-order valence-corrected chi connectivity index (χ1v) is 13.7. The third kappa shape index (κ3) is 5.55. The van der Waals surface area contributed by atoms with E-state index >= 15 is 0 Å². The maximum atomic E-state index is 10.5. The molecule has 5 rings (SSSR count). The van der Waals surface area contributed by atoms with Crippen molar-refractivity contribution in [1.82, 2.24) is 9.97 Å². The molecule has 0 unspecified atom stereocenters. The van der Waals surface area contributed by atoms with Gasteiger partial charge in [0, 0.05) is 37.6 Å². The van der Waals surface area contributed by atoms with Gasteiger partial charge in [-0.15, -0.1) is 11.3 Å². The van der Waals surface area contributed by atoms with Crippen molar-refractivity contribution in [3.05, 3.63) is 59.0 Å². The zero-order chi connectivity index (χ0) is 26.9. The molecule has 3 heterocycles. The van der Waals surface area contributed by atoms with E-state index < -0.39 is 5.60 Å². The van der Waals surface area contributed by atoms with E-state index in [1.54, 1.807) is 39.4 Å². The fraction of sp³-hybridized carbons (Fsp3) is 0.379. The molecule has 0 bridgehead atoms. The van der Waals surface area contributed by atoms with Crippen LogP contribution in [-0.4, -0.2) is 48.5 Å². The van der Waals surface area contributed by atoms with Crippen LogP contribution in [-0.2, 0) is 10.3 Å². The first kappa shape index (κ1) is 26.2. The van der Waals surface area contributed by atoms with Gasteiger partial charge in [0.25, 0.3) is 0 Å². The van der Waals surface area contributed by atoms with Crippen LogP contribution in [0.3, 0.4) is 0 Å². The first-order valence-electron chi connectivity index (χ1n) is 12.8. The monoisotopic (exact) mass is 533 g/mol. The van der Waals surface area contributed by atoms with E-state index in [9.17, 15) is 5.11 Å². The topological polar surface area (TPSA) is 91.8 Å². The summed E-state index contributed by atoms with van der Waals surface area (Å²) in [6, 6.07) is 13.9. The van der Waals surface area contributed by atoms with E-state index in [-0.39, 0.29) is 0 Å². The molecule has 0 amide bonds. The lowest BCUT2D eigenvalue weighted by Gasteiger charge is -2.33. The van der Waals surface area contributed by atoms with Crippen LogP contribution in [0.1, 0.15) is 37.8 Å². The van der Waals surface area contributed by atoms with Gasteiger partial charge in [-0.3, -0.25) is 0 Å². The van der Waals surface area contributed by atoms with Gasteiger partial charge in [-0.2, -0.15) is 4.98 Å². The molecule has 1 fully saturated rings. The zero-order valence-electron chi connectivity index (χ0n) is 22.5. The minimum Gasteiger partial charge on any atom is -0.495 e. The number of aryl methyl sites for hydroxylation is 1. The summed E-state index contributed by atoms with van der Waals surface area (Å²) in [7, 11) is 3.48. The van der Waals surface area contributed by atoms with Crippen LogP contribution in [0.4, 0.5) is 28.8 Å². The summed E-state index contributed by atoms with van der Waals surface area (Å²) in [5, 5.41) is 20.4. The Kier molecular flexibility index (Phi) is 7.43. The highest BCUT2D eigenvalue weighted by Crippen LogP contribution is 2.36. The predicted molar refractivity (Wildman–Crippen MR) is 156 cm³/mol. The predicted octanol–water partition coefficient (Wildman–Crippen LogP) is 6.34. The minimum atomic E-state index is -0.936. The van der Waals surface area contributed by atoms with Gasteiger partial charge in [-0.25, -0.2) is 4.98 Å². The lowest BCUT2D eigenvalue weighted by Crippen LogP contribution is -2.36.